The maximum atomic E-state index is 12.6. The third-order valence-corrected chi connectivity index (χ3v) is 5.26. The zero-order chi connectivity index (χ0) is 20.2. The third-order valence-electron chi connectivity index (χ3n) is 5.26. The Kier molecular flexibility index (Phi) is 5.51. The Hall–Kier alpha value is -3.28. The average Bonchev–Trinajstić information content (AvgIpc) is 3.43. The first kappa shape index (κ1) is 19.1. The van der Waals surface area contributed by atoms with Crippen LogP contribution >= 0.6 is 0 Å². The van der Waals surface area contributed by atoms with Crippen molar-refractivity contribution in [1.29, 1.82) is 0 Å². The summed E-state index contributed by atoms with van der Waals surface area (Å²) in [5.41, 5.74) is 4.06. The van der Waals surface area contributed by atoms with Crippen molar-refractivity contribution in [2.45, 2.75) is 19.3 Å². The van der Waals surface area contributed by atoms with E-state index in [4.69, 9.17) is 9.47 Å². The third kappa shape index (κ3) is 4.26. The molecule has 6 nitrogen and oxygen atoms in total. The Morgan fingerprint density at radius 2 is 1.97 bits per heavy atom. The summed E-state index contributed by atoms with van der Waals surface area (Å²) in [7, 11) is 1.35. The van der Waals surface area contributed by atoms with Crippen LogP contribution in [0.1, 0.15) is 34.3 Å². The second kappa shape index (κ2) is 8.39. The molecule has 2 aromatic rings. The van der Waals surface area contributed by atoms with Crippen molar-refractivity contribution in [2.24, 2.45) is 0 Å². The Morgan fingerprint density at radius 3 is 2.76 bits per heavy atom. The first-order valence-corrected chi connectivity index (χ1v) is 9.86. The van der Waals surface area contributed by atoms with Crippen LogP contribution in [-0.4, -0.2) is 38.7 Å². The highest BCUT2D eigenvalue weighted by Gasteiger charge is 2.19. The number of rotatable bonds is 5. The van der Waals surface area contributed by atoms with Crippen LogP contribution in [0, 0.1) is 0 Å². The number of anilines is 2. The van der Waals surface area contributed by atoms with Crippen LogP contribution in [0.4, 0.5) is 11.4 Å². The predicted octanol–water partition coefficient (Wildman–Crippen LogP) is 3.66. The van der Waals surface area contributed by atoms with Crippen molar-refractivity contribution in [2.75, 3.05) is 37.0 Å². The molecule has 0 radical (unpaired) electrons. The van der Waals surface area contributed by atoms with Crippen LogP contribution in [0.5, 0.6) is 5.75 Å². The lowest BCUT2D eigenvalue weighted by molar-refractivity contribution is -0.111. The zero-order valence-corrected chi connectivity index (χ0v) is 16.4. The number of nitrogens with one attached hydrogen (secondary N) is 1. The summed E-state index contributed by atoms with van der Waals surface area (Å²) in [5.74, 6) is 0.245. The normalized spacial score (nSPS) is 15.3. The van der Waals surface area contributed by atoms with Gasteiger partial charge in [0.15, 0.2) is 0 Å². The summed E-state index contributed by atoms with van der Waals surface area (Å²) in [6.07, 6.45) is 6.43. The fourth-order valence-electron chi connectivity index (χ4n) is 3.77. The van der Waals surface area contributed by atoms with E-state index in [1.54, 1.807) is 18.2 Å². The van der Waals surface area contributed by atoms with E-state index in [2.05, 4.69) is 10.2 Å². The molecule has 1 N–H and O–H groups in total. The summed E-state index contributed by atoms with van der Waals surface area (Å²) in [4.78, 5) is 26.7. The minimum atomic E-state index is -0.427. The number of fused-ring (bicyclic) bond motifs is 1. The van der Waals surface area contributed by atoms with E-state index >= 15 is 0 Å². The van der Waals surface area contributed by atoms with Crippen molar-refractivity contribution < 1.29 is 19.1 Å². The molecule has 1 saturated heterocycles. The molecule has 2 aliphatic heterocycles. The number of carbonyl (C=O) groups is 2. The number of esters is 1. The number of hydrogen-bond acceptors (Lipinski definition) is 5. The van der Waals surface area contributed by atoms with Gasteiger partial charge < -0.3 is 19.7 Å². The Bertz CT molecular complexity index is 961. The highest BCUT2D eigenvalue weighted by molar-refractivity contribution is 6.05. The van der Waals surface area contributed by atoms with E-state index in [-0.39, 0.29) is 5.91 Å². The topological polar surface area (TPSA) is 67.9 Å². The van der Waals surface area contributed by atoms with E-state index in [9.17, 15) is 9.59 Å². The van der Waals surface area contributed by atoms with Gasteiger partial charge in [-0.1, -0.05) is 6.07 Å². The van der Waals surface area contributed by atoms with Crippen LogP contribution in [-0.2, 0) is 16.0 Å². The molecule has 0 atom stereocenters. The van der Waals surface area contributed by atoms with E-state index in [1.165, 1.54) is 13.2 Å². The van der Waals surface area contributed by atoms with E-state index in [0.717, 1.165) is 54.9 Å². The van der Waals surface area contributed by atoms with Gasteiger partial charge in [-0.2, -0.15) is 0 Å². The van der Waals surface area contributed by atoms with E-state index < -0.39 is 5.97 Å². The molecule has 1 amide bonds. The molecule has 150 valence electrons. The second-order valence-corrected chi connectivity index (χ2v) is 7.21. The summed E-state index contributed by atoms with van der Waals surface area (Å²) < 4.78 is 10.3. The minimum Gasteiger partial charge on any atom is -0.493 e. The summed E-state index contributed by atoms with van der Waals surface area (Å²) >= 11 is 0. The highest BCUT2D eigenvalue weighted by Crippen LogP contribution is 2.30. The summed E-state index contributed by atoms with van der Waals surface area (Å²) in [6.45, 7) is 2.58. The number of benzene rings is 2. The minimum absolute atomic E-state index is 0.246. The van der Waals surface area contributed by atoms with Crippen LogP contribution in [0.25, 0.3) is 6.08 Å². The molecule has 0 saturated carbocycles. The molecule has 0 bridgehead atoms. The summed E-state index contributed by atoms with van der Waals surface area (Å²) in [6, 6.07) is 11.2. The molecule has 2 heterocycles. The molecule has 0 aromatic heterocycles. The van der Waals surface area contributed by atoms with Crippen LogP contribution in [0.15, 0.2) is 42.5 Å². The quantitative estimate of drug-likeness (QED) is 0.621. The summed E-state index contributed by atoms with van der Waals surface area (Å²) in [5, 5.41) is 2.93. The first-order chi connectivity index (χ1) is 14.1. The van der Waals surface area contributed by atoms with Gasteiger partial charge in [0.05, 0.1) is 30.7 Å². The molecular formula is C23H24N2O4. The zero-order valence-electron chi connectivity index (χ0n) is 16.4. The van der Waals surface area contributed by atoms with Crippen LogP contribution in [0.2, 0.25) is 0 Å². The molecule has 0 aliphatic carbocycles. The van der Waals surface area contributed by atoms with Gasteiger partial charge in [-0.15, -0.1) is 0 Å². The van der Waals surface area contributed by atoms with Gasteiger partial charge in [0.1, 0.15) is 5.75 Å². The van der Waals surface area contributed by atoms with Gasteiger partial charge >= 0.3 is 5.97 Å². The lowest BCUT2D eigenvalue weighted by Gasteiger charge is -2.22. The van der Waals surface area contributed by atoms with Gasteiger partial charge in [0, 0.05) is 25.6 Å². The van der Waals surface area contributed by atoms with Gasteiger partial charge in [0.25, 0.3) is 0 Å². The Morgan fingerprint density at radius 1 is 1.14 bits per heavy atom. The highest BCUT2D eigenvalue weighted by atomic mass is 16.5. The van der Waals surface area contributed by atoms with Crippen molar-refractivity contribution in [3.63, 3.8) is 0 Å². The van der Waals surface area contributed by atoms with Crippen LogP contribution in [0.3, 0.4) is 0 Å². The number of hydrogen-bond donors (Lipinski definition) is 1. The smallest absolute Gasteiger partial charge is 0.337 e. The lowest BCUT2D eigenvalue weighted by atomic mass is 10.1. The number of nitrogens with zero attached hydrogens (tertiary/aromatic N) is 1. The van der Waals surface area contributed by atoms with Crippen molar-refractivity contribution in [1.82, 2.24) is 0 Å². The predicted molar refractivity (Wildman–Crippen MR) is 113 cm³/mol. The van der Waals surface area contributed by atoms with E-state index in [1.807, 2.05) is 24.3 Å². The molecule has 2 aliphatic rings. The van der Waals surface area contributed by atoms with Gasteiger partial charge in [0.2, 0.25) is 5.91 Å². The number of amides is 1. The molecule has 29 heavy (non-hydrogen) atoms. The SMILES string of the molecule is COC(=O)c1ccc(N2CCCC2)c(NC(=O)/C=C/c2ccc3c(c2)CCO3)c1. The number of ether oxygens (including phenoxy) is 2. The fourth-order valence-corrected chi connectivity index (χ4v) is 3.77. The van der Waals surface area contributed by atoms with Crippen molar-refractivity contribution in [3.8, 4) is 5.75 Å². The lowest BCUT2D eigenvalue weighted by Crippen LogP contribution is -2.21. The van der Waals surface area contributed by atoms with E-state index in [0.29, 0.717) is 17.9 Å². The molecular weight excluding hydrogens is 368 g/mol. The molecule has 0 spiro atoms. The maximum Gasteiger partial charge on any atom is 0.337 e. The monoisotopic (exact) mass is 392 g/mol. The molecule has 4 rings (SSSR count). The van der Waals surface area contributed by atoms with Crippen molar-refractivity contribution >= 4 is 29.3 Å². The van der Waals surface area contributed by atoms with Gasteiger partial charge in [-0.05, 0) is 60.4 Å². The molecule has 2 aromatic carbocycles. The molecule has 0 unspecified atom stereocenters. The van der Waals surface area contributed by atoms with Crippen LogP contribution < -0.4 is 15.0 Å². The largest absolute Gasteiger partial charge is 0.493 e. The average molecular weight is 392 g/mol. The fraction of sp³-hybridized carbons (Fsp3) is 0.304. The van der Waals surface area contributed by atoms with Gasteiger partial charge in [-0.3, -0.25) is 4.79 Å². The Labute approximate surface area is 170 Å². The number of methoxy groups -OCH3 is 1. The molecule has 6 heteroatoms. The second-order valence-electron chi connectivity index (χ2n) is 7.21. The first-order valence-electron chi connectivity index (χ1n) is 9.86. The standard InChI is InChI=1S/C23H24N2O4/c1-28-23(27)18-6-7-20(25-11-2-3-12-25)19(15-18)24-22(26)9-5-16-4-8-21-17(14-16)10-13-29-21/h4-9,14-15H,2-3,10-13H2,1H3,(H,24,26)/b9-5+. The number of carbonyl (C=O) groups excluding carboxylic acids is 2. The maximum absolute atomic E-state index is 12.6. The van der Waals surface area contributed by atoms with Crippen molar-refractivity contribution in [3.05, 3.63) is 59.2 Å². The van der Waals surface area contributed by atoms with Gasteiger partial charge in [-0.25, -0.2) is 4.79 Å². The Balaban J connectivity index is 1.53. The molecule has 1 fully saturated rings.